The number of piperazine rings is 1. The fraction of sp³-hybridized carbons (Fsp3) is 0.360. The van der Waals surface area contributed by atoms with Gasteiger partial charge in [0.25, 0.3) is 0 Å². The molecule has 14 heteroatoms. The summed E-state index contributed by atoms with van der Waals surface area (Å²) in [5.74, 6) is -4.36. The standard InChI is InChI=1S/C25H26BClFN3O8/c1-13-3-2-4-14-11-15(26(38)39-22(13)14)12-18(33)20(16-5-6-17(32)21(34)19(16)27)29-25(37)31-10-9-30(8-7-28)23(35)24(31)36/h2-6,15,20,32,34,38H,7-12H2,1H3,(H,29,37)/t15-,20?/m1/s1. The van der Waals surface area contributed by atoms with E-state index in [1.807, 2.05) is 25.1 Å². The number of halogens is 2. The number of carbonyl (C=O) groups is 4. The topological polar surface area (TPSA) is 157 Å². The molecule has 4 N–H and O–H groups in total. The number of urea groups is 1. The first-order valence-corrected chi connectivity index (χ1v) is 12.5. The molecule has 2 heterocycles. The molecule has 2 aromatic carbocycles. The van der Waals surface area contributed by atoms with Crippen molar-refractivity contribution in [1.29, 1.82) is 0 Å². The van der Waals surface area contributed by atoms with Crippen LogP contribution in [0.25, 0.3) is 0 Å². The van der Waals surface area contributed by atoms with Gasteiger partial charge in [0.1, 0.15) is 18.5 Å². The SMILES string of the molecule is Cc1cccc2c1OB(O)[C@@H](CC(=O)C(NC(=O)N1CCN(CCF)C(=O)C1=O)c1ccc(O)c(O)c1Cl)C2. The molecular weight excluding hydrogens is 536 g/mol. The van der Waals surface area contributed by atoms with Gasteiger partial charge in [0, 0.05) is 37.4 Å². The Labute approximate surface area is 228 Å². The first-order valence-electron chi connectivity index (χ1n) is 12.2. The van der Waals surface area contributed by atoms with Gasteiger partial charge in [-0.2, -0.15) is 0 Å². The van der Waals surface area contributed by atoms with Crippen molar-refractivity contribution in [3.05, 3.63) is 52.0 Å². The van der Waals surface area contributed by atoms with Crippen LogP contribution in [0, 0.1) is 6.92 Å². The van der Waals surface area contributed by atoms with Crippen LogP contribution >= 0.6 is 11.6 Å². The molecule has 1 fully saturated rings. The smallest absolute Gasteiger partial charge is 0.526 e. The van der Waals surface area contributed by atoms with Crippen molar-refractivity contribution in [1.82, 2.24) is 15.1 Å². The number of hydrogen-bond acceptors (Lipinski definition) is 8. The zero-order valence-corrected chi connectivity index (χ0v) is 21.7. The number of fused-ring (bicyclic) bond motifs is 1. The number of alkyl halides is 1. The van der Waals surface area contributed by atoms with Crippen LogP contribution in [0.2, 0.25) is 10.8 Å². The zero-order valence-electron chi connectivity index (χ0n) is 20.9. The van der Waals surface area contributed by atoms with E-state index < -0.39 is 65.8 Å². The molecule has 0 saturated carbocycles. The van der Waals surface area contributed by atoms with Crippen LogP contribution in [0.1, 0.15) is 29.2 Å². The molecule has 206 valence electrons. The van der Waals surface area contributed by atoms with E-state index >= 15 is 0 Å². The quantitative estimate of drug-likeness (QED) is 0.227. The third kappa shape index (κ3) is 5.64. The number of phenols is 2. The molecule has 11 nitrogen and oxygen atoms in total. The van der Waals surface area contributed by atoms with Gasteiger partial charge in [-0.05, 0) is 30.5 Å². The molecule has 1 saturated heterocycles. The molecule has 0 aliphatic carbocycles. The monoisotopic (exact) mass is 561 g/mol. The normalized spacial score (nSPS) is 17.9. The highest BCUT2D eigenvalue weighted by Crippen LogP contribution is 2.40. The molecule has 4 rings (SSSR count). The zero-order chi connectivity index (χ0) is 28.4. The number of phenolic OH excluding ortho intramolecular Hbond substituents is 2. The van der Waals surface area contributed by atoms with E-state index in [0.29, 0.717) is 17.1 Å². The minimum absolute atomic E-state index is 0.0809. The van der Waals surface area contributed by atoms with Crippen molar-refractivity contribution in [2.24, 2.45) is 0 Å². The summed E-state index contributed by atoms with van der Waals surface area (Å²) in [4.78, 5) is 53.1. The molecule has 1 unspecified atom stereocenters. The van der Waals surface area contributed by atoms with Crippen LogP contribution in [-0.2, 0) is 20.8 Å². The Bertz CT molecular complexity index is 1330. The number of Topliss-reactive ketones (excluding diaryl/α,β-unsaturated/α-hetero) is 1. The number of hydrogen-bond donors (Lipinski definition) is 4. The molecule has 0 spiro atoms. The van der Waals surface area contributed by atoms with Crippen molar-refractivity contribution in [3.8, 4) is 17.2 Å². The molecule has 39 heavy (non-hydrogen) atoms. The lowest BCUT2D eigenvalue weighted by Crippen LogP contribution is -2.59. The van der Waals surface area contributed by atoms with E-state index in [2.05, 4.69) is 5.32 Å². The Morgan fingerprint density at radius 2 is 1.95 bits per heavy atom. The van der Waals surface area contributed by atoms with E-state index in [1.54, 1.807) is 0 Å². The number of aromatic hydroxyl groups is 2. The first kappa shape index (κ1) is 28.2. The fourth-order valence-corrected chi connectivity index (χ4v) is 4.97. The average Bonchev–Trinajstić information content (AvgIpc) is 2.90. The summed E-state index contributed by atoms with van der Waals surface area (Å²) >= 11 is 6.20. The Hall–Kier alpha value is -3.84. The van der Waals surface area contributed by atoms with Crippen LogP contribution in [0.4, 0.5) is 9.18 Å². The third-order valence-electron chi connectivity index (χ3n) is 6.81. The molecule has 0 radical (unpaired) electrons. The van der Waals surface area contributed by atoms with E-state index in [4.69, 9.17) is 16.3 Å². The van der Waals surface area contributed by atoms with Crippen molar-refractivity contribution in [2.45, 2.75) is 31.6 Å². The summed E-state index contributed by atoms with van der Waals surface area (Å²) in [5, 5.41) is 32.5. The predicted molar refractivity (Wildman–Crippen MR) is 137 cm³/mol. The summed E-state index contributed by atoms with van der Waals surface area (Å²) in [6, 6.07) is 5.13. The van der Waals surface area contributed by atoms with Crippen LogP contribution in [0.15, 0.2) is 30.3 Å². The molecule has 2 aromatic rings. The lowest BCUT2D eigenvalue weighted by Gasteiger charge is -2.33. The van der Waals surface area contributed by atoms with Gasteiger partial charge in [0.2, 0.25) is 0 Å². The van der Waals surface area contributed by atoms with Crippen molar-refractivity contribution >= 4 is 42.3 Å². The lowest BCUT2D eigenvalue weighted by atomic mass is 9.64. The Morgan fingerprint density at radius 1 is 1.21 bits per heavy atom. The van der Waals surface area contributed by atoms with Crippen LogP contribution in [0.5, 0.6) is 17.2 Å². The largest absolute Gasteiger partial charge is 0.536 e. The average molecular weight is 562 g/mol. The second-order valence-electron chi connectivity index (χ2n) is 9.36. The summed E-state index contributed by atoms with van der Waals surface area (Å²) < 4.78 is 18.3. The van der Waals surface area contributed by atoms with E-state index in [9.17, 15) is 38.8 Å². The number of nitrogens with one attached hydrogen (secondary N) is 1. The van der Waals surface area contributed by atoms with E-state index in [-0.39, 0.29) is 31.6 Å². The number of aryl methyl sites for hydroxylation is 1. The molecule has 2 aliphatic heterocycles. The molecule has 0 aromatic heterocycles. The number of para-hydroxylation sites is 1. The highest BCUT2D eigenvalue weighted by atomic mass is 35.5. The first-order chi connectivity index (χ1) is 18.5. The molecule has 0 bridgehead atoms. The second kappa shape index (κ2) is 11.5. The van der Waals surface area contributed by atoms with Gasteiger partial charge in [0.05, 0.1) is 5.02 Å². The van der Waals surface area contributed by atoms with E-state index in [1.165, 1.54) is 6.07 Å². The third-order valence-corrected chi connectivity index (χ3v) is 7.21. The second-order valence-corrected chi connectivity index (χ2v) is 9.74. The molecule has 2 atom stereocenters. The van der Waals surface area contributed by atoms with Crippen LogP contribution in [0.3, 0.4) is 0 Å². The molecule has 4 amide bonds. The van der Waals surface area contributed by atoms with Crippen molar-refractivity contribution < 1.29 is 43.5 Å². The summed E-state index contributed by atoms with van der Waals surface area (Å²) in [6.45, 7) is 0.345. The maximum Gasteiger partial charge on any atom is 0.526 e. The van der Waals surface area contributed by atoms with Gasteiger partial charge < -0.3 is 30.1 Å². The Kier molecular flexibility index (Phi) is 8.31. The highest BCUT2D eigenvalue weighted by molar-refractivity contribution is 6.47. The maximum atomic E-state index is 13.6. The van der Waals surface area contributed by atoms with Crippen molar-refractivity contribution in [3.63, 3.8) is 0 Å². The molecule has 2 aliphatic rings. The van der Waals surface area contributed by atoms with Gasteiger partial charge >= 0.3 is 25.0 Å². The molecular formula is C25H26BClFN3O8. The van der Waals surface area contributed by atoms with Crippen LogP contribution in [-0.4, -0.2) is 82.1 Å². The summed E-state index contributed by atoms with van der Waals surface area (Å²) in [7, 11) is -1.33. The number of ketones is 1. The number of carbonyl (C=O) groups excluding carboxylic acids is 4. The van der Waals surface area contributed by atoms with Gasteiger partial charge in [-0.1, -0.05) is 35.9 Å². The Balaban J connectivity index is 1.59. The number of benzene rings is 2. The number of nitrogens with zero attached hydrogens (tertiary/aromatic N) is 2. The van der Waals surface area contributed by atoms with Crippen molar-refractivity contribution in [2.75, 3.05) is 26.3 Å². The predicted octanol–water partition coefficient (Wildman–Crippen LogP) is 1.90. The van der Waals surface area contributed by atoms with Gasteiger partial charge in [-0.3, -0.25) is 19.3 Å². The Morgan fingerprint density at radius 3 is 2.67 bits per heavy atom. The summed E-state index contributed by atoms with van der Waals surface area (Å²) in [5.41, 5.74) is 1.52. The number of amides is 4. The maximum absolute atomic E-state index is 13.6. The fourth-order valence-electron chi connectivity index (χ4n) is 4.70. The van der Waals surface area contributed by atoms with Crippen LogP contribution < -0.4 is 9.97 Å². The minimum Gasteiger partial charge on any atom is -0.536 e. The lowest BCUT2D eigenvalue weighted by molar-refractivity contribution is -0.153. The highest BCUT2D eigenvalue weighted by Gasteiger charge is 2.41. The minimum atomic E-state index is -1.53. The van der Waals surface area contributed by atoms with E-state index in [0.717, 1.165) is 22.1 Å². The van der Waals surface area contributed by atoms with Gasteiger partial charge in [-0.25, -0.2) is 9.18 Å². The number of rotatable bonds is 7. The number of imide groups is 1. The summed E-state index contributed by atoms with van der Waals surface area (Å²) in [6.07, 6.45) is -0.00270. The van der Waals surface area contributed by atoms with Gasteiger partial charge in [-0.15, -0.1) is 0 Å². The van der Waals surface area contributed by atoms with Gasteiger partial charge in [0.15, 0.2) is 17.3 Å².